The molecular weight excluding hydrogens is 435 g/mol. The third-order valence-corrected chi connectivity index (χ3v) is 6.81. The minimum absolute atomic E-state index is 0.0432. The zero-order valence-electron chi connectivity index (χ0n) is 19.6. The molecule has 1 amide bonds. The number of piperidine rings is 1. The first-order chi connectivity index (χ1) is 16.5. The summed E-state index contributed by atoms with van der Waals surface area (Å²) in [6.07, 6.45) is 4.49. The summed E-state index contributed by atoms with van der Waals surface area (Å²) in [7, 11) is 1.60. The highest BCUT2D eigenvalue weighted by Crippen LogP contribution is 2.37. The van der Waals surface area contributed by atoms with Crippen LogP contribution < -0.4 is 14.4 Å². The SMILES string of the molecule is Cc1ncc2c(OCCN3CCC(Cc4ccc5c(c4F)N(C)C(=O)CO5)CC3)cccc2n1. The number of hydrogen-bond acceptors (Lipinski definition) is 6. The van der Waals surface area contributed by atoms with E-state index >= 15 is 4.39 Å². The van der Waals surface area contributed by atoms with Gasteiger partial charge in [0.1, 0.15) is 29.6 Å². The topological polar surface area (TPSA) is 67.8 Å². The Bertz CT molecular complexity index is 1210. The number of hydrogen-bond donors (Lipinski definition) is 0. The zero-order valence-corrected chi connectivity index (χ0v) is 19.6. The Labute approximate surface area is 198 Å². The lowest BCUT2D eigenvalue weighted by atomic mass is 9.89. The highest BCUT2D eigenvalue weighted by Gasteiger charge is 2.28. The van der Waals surface area contributed by atoms with Crippen LogP contribution in [0.4, 0.5) is 10.1 Å². The number of amides is 1. The molecule has 2 aromatic carbocycles. The number of carbonyl (C=O) groups excluding carboxylic acids is 1. The molecule has 0 atom stereocenters. The van der Waals surface area contributed by atoms with Crippen LogP contribution in [0.1, 0.15) is 24.2 Å². The maximum Gasteiger partial charge on any atom is 0.264 e. The molecule has 34 heavy (non-hydrogen) atoms. The van der Waals surface area contributed by atoms with Crippen molar-refractivity contribution < 1.29 is 18.7 Å². The predicted octanol–water partition coefficient (Wildman–Crippen LogP) is 3.77. The Hall–Kier alpha value is -3.26. The largest absolute Gasteiger partial charge is 0.491 e. The number of ether oxygens (including phenoxy) is 2. The number of aromatic nitrogens is 2. The quantitative estimate of drug-likeness (QED) is 0.553. The Kier molecular flexibility index (Phi) is 6.32. The molecule has 0 radical (unpaired) electrons. The number of anilines is 1. The van der Waals surface area contributed by atoms with E-state index in [0.717, 1.165) is 55.0 Å². The Morgan fingerprint density at radius 3 is 2.85 bits per heavy atom. The van der Waals surface area contributed by atoms with Gasteiger partial charge in [-0.05, 0) is 69.0 Å². The van der Waals surface area contributed by atoms with Crippen LogP contribution in [-0.2, 0) is 11.2 Å². The Balaban J connectivity index is 1.13. The van der Waals surface area contributed by atoms with Crippen molar-refractivity contribution in [3.05, 3.63) is 53.7 Å². The number of rotatable bonds is 6. The van der Waals surface area contributed by atoms with E-state index in [2.05, 4.69) is 14.9 Å². The number of benzene rings is 2. The first-order valence-corrected chi connectivity index (χ1v) is 11.8. The van der Waals surface area contributed by atoms with Gasteiger partial charge in [0.2, 0.25) is 0 Å². The van der Waals surface area contributed by atoms with Crippen molar-refractivity contribution in [2.75, 3.05) is 44.8 Å². The van der Waals surface area contributed by atoms with Gasteiger partial charge in [0.25, 0.3) is 5.91 Å². The van der Waals surface area contributed by atoms with Crippen molar-refractivity contribution in [2.45, 2.75) is 26.2 Å². The van der Waals surface area contributed by atoms with Crippen LogP contribution in [0.25, 0.3) is 10.9 Å². The van der Waals surface area contributed by atoms with Gasteiger partial charge in [0, 0.05) is 19.8 Å². The van der Waals surface area contributed by atoms with E-state index < -0.39 is 0 Å². The molecule has 8 heteroatoms. The van der Waals surface area contributed by atoms with Crippen molar-refractivity contribution in [1.82, 2.24) is 14.9 Å². The second kappa shape index (κ2) is 9.54. The molecular formula is C26H29FN4O3. The number of halogens is 1. The van der Waals surface area contributed by atoms with Gasteiger partial charge < -0.3 is 14.4 Å². The first-order valence-electron chi connectivity index (χ1n) is 11.8. The van der Waals surface area contributed by atoms with Gasteiger partial charge in [-0.25, -0.2) is 14.4 Å². The molecule has 0 saturated carbocycles. The molecule has 3 heterocycles. The van der Waals surface area contributed by atoms with Gasteiger partial charge in [-0.15, -0.1) is 0 Å². The minimum Gasteiger partial charge on any atom is -0.491 e. The number of fused-ring (bicyclic) bond motifs is 2. The number of likely N-dealkylation sites (tertiary alicyclic amines) is 1. The summed E-state index contributed by atoms with van der Waals surface area (Å²) in [4.78, 5) is 24.4. The van der Waals surface area contributed by atoms with Crippen molar-refractivity contribution in [1.29, 1.82) is 0 Å². The fraction of sp³-hybridized carbons (Fsp3) is 0.423. The summed E-state index contributed by atoms with van der Waals surface area (Å²) in [5.41, 5.74) is 1.80. The van der Waals surface area contributed by atoms with E-state index in [0.29, 0.717) is 30.3 Å². The predicted molar refractivity (Wildman–Crippen MR) is 128 cm³/mol. The molecule has 2 aliphatic heterocycles. The molecule has 2 aliphatic rings. The number of nitrogens with zero attached hydrogens (tertiary/aromatic N) is 4. The first kappa shape index (κ1) is 22.5. The van der Waals surface area contributed by atoms with Crippen molar-refractivity contribution in [2.24, 2.45) is 5.92 Å². The van der Waals surface area contributed by atoms with E-state index in [9.17, 15) is 4.79 Å². The molecule has 1 saturated heterocycles. The average molecular weight is 465 g/mol. The molecule has 178 valence electrons. The van der Waals surface area contributed by atoms with E-state index in [4.69, 9.17) is 9.47 Å². The van der Waals surface area contributed by atoms with Crippen LogP contribution >= 0.6 is 0 Å². The zero-order chi connectivity index (χ0) is 23.7. The molecule has 0 spiro atoms. The maximum absolute atomic E-state index is 15.2. The van der Waals surface area contributed by atoms with E-state index in [1.807, 2.05) is 31.3 Å². The monoisotopic (exact) mass is 464 g/mol. The van der Waals surface area contributed by atoms with Crippen LogP contribution in [0, 0.1) is 18.7 Å². The third-order valence-electron chi connectivity index (χ3n) is 6.81. The highest BCUT2D eigenvalue weighted by atomic mass is 19.1. The lowest BCUT2D eigenvalue weighted by Crippen LogP contribution is -2.37. The molecule has 1 aromatic heterocycles. The van der Waals surface area contributed by atoms with Gasteiger partial charge in [-0.1, -0.05) is 12.1 Å². The maximum atomic E-state index is 15.2. The van der Waals surface area contributed by atoms with Crippen LogP contribution in [0.15, 0.2) is 36.5 Å². The number of aryl methyl sites for hydroxylation is 1. The van der Waals surface area contributed by atoms with Crippen LogP contribution in [-0.4, -0.2) is 60.7 Å². The fourth-order valence-electron chi connectivity index (χ4n) is 4.79. The lowest BCUT2D eigenvalue weighted by molar-refractivity contribution is -0.121. The molecule has 0 N–H and O–H groups in total. The number of carbonyl (C=O) groups is 1. The standard InChI is InChI=1S/C26H29FN4O3/c1-17-28-15-20-21(29-17)4-3-5-22(20)33-13-12-31-10-8-18(9-11-31)14-19-6-7-23-26(25(19)27)30(2)24(32)16-34-23/h3-7,15,18H,8-14,16H2,1-2H3. The van der Waals surface area contributed by atoms with E-state index in [-0.39, 0.29) is 24.0 Å². The average Bonchev–Trinajstić information content (AvgIpc) is 2.84. The van der Waals surface area contributed by atoms with E-state index in [1.54, 1.807) is 19.2 Å². The number of likely N-dealkylation sites (N-methyl/N-ethyl adjacent to an activating group) is 1. The van der Waals surface area contributed by atoms with Gasteiger partial charge in [-0.3, -0.25) is 9.69 Å². The Morgan fingerprint density at radius 2 is 2.03 bits per heavy atom. The van der Waals surface area contributed by atoms with Gasteiger partial charge in [0.05, 0.1) is 10.9 Å². The summed E-state index contributed by atoms with van der Waals surface area (Å²) in [6, 6.07) is 9.46. The molecule has 0 bridgehead atoms. The Morgan fingerprint density at radius 1 is 1.21 bits per heavy atom. The van der Waals surface area contributed by atoms with Crippen molar-refractivity contribution in [3.8, 4) is 11.5 Å². The van der Waals surface area contributed by atoms with Gasteiger partial charge in [-0.2, -0.15) is 0 Å². The van der Waals surface area contributed by atoms with E-state index in [1.165, 1.54) is 4.90 Å². The lowest BCUT2D eigenvalue weighted by Gasteiger charge is -2.32. The normalized spacial score (nSPS) is 17.0. The summed E-state index contributed by atoms with van der Waals surface area (Å²) < 4.78 is 26.6. The highest BCUT2D eigenvalue weighted by molar-refractivity contribution is 5.97. The second-order valence-electron chi connectivity index (χ2n) is 9.07. The van der Waals surface area contributed by atoms with Crippen LogP contribution in [0.2, 0.25) is 0 Å². The third kappa shape index (κ3) is 4.55. The summed E-state index contributed by atoms with van der Waals surface area (Å²) in [6.45, 7) is 5.19. The summed E-state index contributed by atoms with van der Waals surface area (Å²) in [5, 5.41) is 0.927. The molecule has 3 aromatic rings. The van der Waals surface area contributed by atoms with Crippen molar-refractivity contribution in [3.63, 3.8) is 0 Å². The molecule has 1 fully saturated rings. The fourth-order valence-corrected chi connectivity index (χ4v) is 4.79. The van der Waals surface area contributed by atoms with Crippen LogP contribution in [0.3, 0.4) is 0 Å². The molecule has 0 aliphatic carbocycles. The summed E-state index contributed by atoms with van der Waals surface area (Å²) >= 11 is 0. The van der Waals surface area contributed by atoms with Gasteiger partial charge >= 0.3 is 0 Å². The molecule has 7 nitrogen and oxygen atoms in total. The second-order valence-corrected chi connectivity index (χ2v) is 9.07. The molecule has 0 unspecified atom stereocenters. The van der Waals surface area contributed by atoms with Crippen molar-refractivity contribution >= 4 is 22.5 Å². The molecule has 5 rings (SSSR count). The van der Waals surface area contributed by atoms with Gasteiger partial charge in [0.15, 0.2) is 12.4 Å². The smallest absolute Gasteiger partial charge is 0.264 e. The van der Waals surface area contributed by atoms with Crippen LogP contribution in [0.5, 0.6) is 11.5 Å². The minimum atomic E-state index is -0.335. The summed E-state index contributed by atoms with van der Waals surface area (Å²) in [5.74, 6) is 1.84.